The van der Waals surface area contributed by atoms with Crippen molar-refractivity contribution in [3.8, 4) is 5.75 Å². The van der Waals surface area contributed by atoms with Gasteiger partial charge in [0.1, 0.15) is 6.54 Å². The number of fused-ring (bicyclic) bond motifs is 1. The molecular weight excluding hydrogens is 358 g/mol. The average molecular weight is 381 g/mol. The predicted octanol–water partition coefficient (Wildman–Crippen LogP) is 2.01. The van der Waals surface area contributed by atoms with Crippen LogP contribution in [0.5, 0.6) is 5.75 Å². The van der Waals surface area contributed by atoms with Crippen LogP contribution in [-0.4, -0.2) is 54.0 Å². The number of benzene rings is 1. The molecule has 0 bridgehead atoms. The average Bonchev–Trinajstić information content (AvgIpc) is 2.75. The number of amides is 2. The molecule has 0 N–H and O–H groups in total. The number of carbonyl (C=O) groups is 2. The van der Waals surface area contributed by atoms with E-state index in [4.69, 9.17) is 9.47 Å². The Morgan fingerprint density at radius 2 is 2.07 bits per heavy atom. The number of hydrogen-bond acceptors (Lipinski definition) is 5. The van der Waals surface area contributed by atoms with Crippen molar-refractivity contribution < 1.29 is 19.1 Å². The zero-order valence-electron chi connectivity index (χ0n) is 15.6. The minimum Gasteiger partial charge on any atom is -0.480 e. The van der Waals surface area contributed by atoms with E-state index < -0.39 is 0 Å². The van der Waals surface area contributed by atoms with Gasteiger partial charge in [0.05, 0.1) is 12.7 Å². The quantitative estimate of drug-likeness (QED) is 0.792. The van der Waals surface area contributed by atoms with Crippen LogP contribution in [0, 0.1) is 0 Å². The molecule has 7 nitrogen and oxygen atoms in total. The van der Waals surface area contributed by atoms with Gasteiger partial charge in [-0.05, 0) is 30.5 Å². The number of pyridine rings is 1. The Balaban J connectivity index is 1.36. The van der Waals surface area contributed by atoms with Crippen LogP contribution in [0.4, 0.5) is 5.82 Å². The molecule has 1 fully saturated rings. The minimum atomic E-state index is -0.256. The zero-order chi connectivity index (χ0) is 19.3. The first kappa shape index (κ1) is 18.4. The van der Waals surface area contributed by atoms with Crippen LogP contribution in [-0.2, 0) is 20.9 Å². The van der Waals surface area contributed by atoms with E-state index in [0.717, 1.165) is 18.4 Å². The van der Waals surface area contributed by atoms with Crippen LogP contribution in [0.3, 0.4) is 0 Å². The molecule has 146 valence electrons. The molecule has 1 atom stereocenters. The monoisotopic (exact) mass is 381 g/mol. The van der Waals surface area contributed by atoms with Crippen molar-refractivity contribution in [2.45, 2.75) is 25.6 Å². The Labute approximate surface area is 163 Å². The minimum absolute atomic E-state index is 0.00343. The number of hydrogen-bond donors (Lipinski definition) is 0. The van der Waals surface area contributed by atoms with Gasteiger partial charge in [0, 0.05) is 19.3 Å². The highest BCUT2D eigenvalue weighted by atomic mass is 16.5. The molecule has 1 saturated heterocycles. The first-order valence-corrected chi connectivity index (χ1v) is 9.52. The number of ether oxygens (including phenoxy) is 2. The van der Waals surface area contributed by atoms with Crippen LogP contribution in [0.25, 0.3) is 0 Å². The summed E-state index contributed by atoms with van der Waals surface area (Å²) in [7, 11) is 0. The smallest absolute Gasteiger partial charge is 0.266 e. The van der Waals surface area contributed by atoms with Gasteiger partial charge in [-0.2, -0.15) is 0 Å². The van der Waals surface area contributed by atoms with Crippen LogP contribution < -0.4 is 9.64 Å². The molecule has 0 saturated carbocycles. The fourth-order valence-electron chi connectivity index (χ4n) is 3.52. The van der Waals surface area contributed by atoms with Gasteiger partial charge in [0.15, 0.2) is 18.2 Å². The molecule has 1 aromatic heterocycles. The van der Waals surface area contributed by atoms with Crippen molar-refractivity contribution in [3.05, 3.63) is 54.2 Å². The van der Waals surface area contributed by atoms with E-state index >= 15 is 0 Å². The highest BCUT2D eigenvalue weighted by Gasteiger charge is 2.31. The molecule has 2 aliphatic rings. The van der Waals surface area contributed by atoms with Crippen molar-refractivity contribution >= 4 is 17.6 Å². The number of piperidine rings is 1. The molecule has 1 aromatic carbocycles. The summed E-state index contributed by atoms with van der Waals surface area (Å²) in [5.41, 5.74) is 1.12. The van der Waals surface area contributed by atoms with E-state index in [1.54, 1.807) is 23.2 Å². The topological polar surface area (TPSA) is 72.0 Å². The van der Waals surface area contributed by atoms with E-state index in [9.17, 15) is 9.59 Å². The number of likely N-dealkylation sites (tertiary alicyclic amines) is 1. The van der Waals surface area contributed by atoms with Gasteiger partial charge in [0.2, 0.25) is 5.91 Å². The Hall–Kier alpha value is -2.93. The van der Waals surface area contributed by atoms with Gasteiger partial charge in [0.25, 0.3) is 5.91 Å². The van der Waals surface area contributed by atoms with Crippen molar-refractivity contribution in [2.75, 3.05) is 31.1 Å². The second-order valence-electron chi connectivity index (χ2n) is 6.99. The molecule has 2 amide bonds. The Morgan fingerprint density at radius 1 is 1.21 bits per heavy atom. The highest BCUT2D eigenvalue weighted by Crippen LogP contribution is 2.29. The maximum absolute atomic E-state index is 12.8. The van der Waals surface area contributed by atoms with Crippen molar-refractivity contribution in [1.82, 2.24) is 9.88 Å². The Morgan fingerprint density at radius 3 is 2.93 bits per heavy atom. The SMILES string of the molecule is O=C(CN1C(=O)COc2cccnc21)N1CCC[C@H](OCc2ccccc2)C1. The van der Waals surface area contributed by atoms with Crippen molar-refractivity contribution in [1.29, 1.82) is 0 Å². The lowest BCUT2D eigenvalue weighted by Crippen LogP contribution is -2.50. The zero-order valence-corrected chi connectivity index (χ0v) is 15.6. The molecule has 0 spiro atoms. The van der Waals surface area contributed by atoms with Crippen LogP contribution in [0.2, 0.25) is 0 Å². The summed E-state index contributed by atoms with van der Waals surface area (Å²) in [5.74, 6) is 0.576. The lowest BCUT2D eigenvalue weighted by molar-refractivity contribution is -0.135. The first-order valence-electron chi connectivity index (χ1n) is 9.52. The number of anilines is 1. The van der Waals surface area contributed by atoms with E-state index in [1.165, 1.54) is 4.90 Å². The van der Waals surface area contributed by atoms with Gasteiger partial charge >= 0.3 is 0 Å². The van der Waals surface area contributed by atoms with Gasteiger partial charge in [-0.25, -0.2) is 4.98 Å². The first-order chi connectivity index (χ1) is 13.7. The fraction of sp³-hybridized carbons (Fsp3) is 0.381. The summed E-state index contributed by atoms with van der Waals surface area (Å²) < 4.78 is 11.4. The standard InChI is InChI=1S/C21H23N3O4/c25-19(13-24-20(26)15-28-18-9-4-10-22-21(18)24)23-11-5-8-17(12-23)27-14-16-6-2-1-3-7-16/h1-4,6-7,9-10,17H,5,8,11-15H2/t17-/m0/s1. The lowest BCUT2D eigenvalue weighted by atomic mass is 10.1. The normalized spacial score (nSPS) is 19.1. The molecule has 2 aromatic rings. The van der Waals surface area contributed by atoms with E-state index in [0.29, 0.717) is 31.3 Å². The highest BCUT2D eigenvalue weighted by molar-refractivity contribution is 6.01. The van der Waals surface area contributed by atoms with Crippen LogP contribution in [0.1, 0.15) is 18.4 Å². The number of carbonyl (C=O) groups excluding carboxylic acids is 2. The largest absolute Gasteiger partial charge is 0.480 e. The summed E-state index contributed by atoms with van der Waals surface area (Å²) in [6.07, 6.45) is 3.41. The third-order valence-corrected chi connectivity index (χ3v) is 5.01. The summed E-state index contributed by atoms with van der Waals surface area (Å²) in [4.78, 5) is 32.5. The van der Waals surface area contributed by atoms with Crippen molar-refractivity contribution in [3.63, 3.8) is 0 Å². The van der Waals surface area contributed by atoms with Gasteiger partial charge in [-0.1, -0.05) is 30.3 Å². The van der Waals surface area contributed by atoms with E-state index in [1.807, 2.05) is 30.3 Å². The summed E-state index contributed by atoms with van der Waals surface area (Å²) in [6.45, 7) is 1.65. The maximum Gasteiger partial charge on any atom is 0.266 e. The number of aromatic nitrogens is 1. The van der Waals surface area contributed by atoms with Gasteiger partial charge in [-0.3, -0.25) is 14.5 Å². The van der Waals surface area contributed by atoms with E-state index in [-0.39, 0.29) is 31.1 Å². The summed E-state index contributed by atoms with van der Waals surface area (Å²) in [6, 6.07) is 13.5. The second kappa shape index (κ2) is 8.39. The fourth-order valence-corrected chi connectivity index (χ4v) is 3.52. The molecule has 2 aliphatic heterocycles. The molecular formula is C21H23N3O4. The van der Waals surface area contributed by atoms with Crippen LogP contribution in [0.15, 0.2) is 48.7 Å². The maximum atomic E-state index is 12.8. The Kier molecular flexibility index (Phi) is 5.53. The predicted molar refractivity (Wildman–Crippen MR) is 103 cm³/mol. The number of nitrogens with zero attached hydrogens (tertiary/aromatic N) is 3. The second-order valence-corrected chi connectivity index (χ2v) is 6.99. The molecule has 3 heterocycles. The molecule has 4 rings (SSSR count). The summed E-state index contributed by atoms with van der Waals surface area (Å²) in [5, 5.41) is 0. The third kappa shape index (κ3) is 4.14. The Bertz CT molecular complexity index is 843. The molecule has 28 heavy (non-hydrogen) atoms. The van der Waals surface area contributed by atoms with Gasteiger partial charge in [-0.15, -0.1) is 0 Å². The van der Waals surface area contributed by atoms with Gasteiger partial charge < -0.3 is 14.4 Å². The third-order valence-electron chi connectivity index (χ3n) is 5.01. The molecule has 0 unspecified atom stereocenters. The number of rotatable bonds is 5. The summed E-state index contributed by atoms with van der Waals surface area (Å²) >= 11 is 0. The van der Waals surface area contributed by atoms with Crippen molar-refractivity contribution in [2.24, 2.45) is 0 Å². The lowest BCUT2D eigenvalue weighted by Gasteiger charge is -2.35. The van der Waals surface area contributed by atoms with Crippen LogP contribution >= 0.6 is 0 Å². The van der Waals surface area contributed by atoms with E-state index in [2.05, 4.69) is 4.98 Å². The molecule has 7 heteroatoms. The molecule has 0 radical (unpaired) electrons. The molecule has 0 aliphatic carbocycles.